The molecule has 0 amide bonds. The molecule has 0 saturated heterocycles. The minimum atomic E-state index is 0.702. The third-order valence-corrected chi connectivity index (χ3v) is 11.0. The number of nitrogens with zero attached hydrogens (tertiary/aromatic N) is 3. The lowest BCUT2D eigenvalue weighted by atomic mass is 9.98. The van der Waals surface area contributed by atoms with Crippen molar-refractivity contribution in [2.45, 2.75) is 0 Å². The molecule has 2 aromatic heterocycles. The van der Waals surface area contributed by atoms with E-state index < -0.39 is 0 Å². The zero-order valence-corrected chi connectivity index (χ0v) is 28.5. The number of benzene rings is 7. The molecule has 0 spiro atoms. The molecule has 0 fully saturated rings. The summed E-state index contributed by atoms with van der Waals surface area (Å²) in [5, 5.41) is 2.31. The van der Waals surface area contributed by atoms with E-state index in [1.54, 1.807) is 11.3 Å². The first-order chi connectivity index (χ1) is 25.7. The lowest BCUT2D eigenvalue weighted by molar-refractivity contribution is 0.446. The zero-order chi connectivity index (χ0) is 34.2. The number of hydrogen-bond donors (Lipinski definition) is 0. The lowest BCUT2D eigenvalue weighted by Gasteiger charge is -2.38. The van der Waals surface area contributed by atoms with Gasteiger partial charge < -0.3 is 9.47 Å². The van der Waals surface area contributed by atoms with Gasteiger partial charge in [-0.25, -0.2) is 9.97 Å². The van der Waals surface area contributed by atoms with E-state index in [9.17, 15) is 0 Å². The number of ether oxygens (including phenoxy) is 2. The first kappa shape index (κ1) is 29.0. The van der Waals surface area contributed by atoms with Crippen molar-refractivity contribution < 1.29 is 9.47 Å². The summed E-state index contributed by atoms with van der Waals surface area (Å²) in [6.07, 6.45) is 0. The molecule has 9 aromatic rings. The minimum absolute atomic E-state index is 0.702. The molecule has 0 N–H and O–H groups in total. The van der Waals surface area contributed by atoms with E-state index in [-0.39, 0.29) is 0 Å². The molecule has 52 heavy (non-hydrogen) atoms. The number of aromatic nitrogens is 2. The van der Waals surface area contributed by atoms with Gasteiger partial charge in [0.05, 0.1) is 22.8 Å². The smallest absolute Gasteiger partial charge is 0.161 e. The van der Waals surface area contributed by atoms with Crippen molar-refractivity contribution in [1.29, 1.82) is 0 Å². The fraction of sp³-hybridized carbons (Fsp3) is 0. The molecule has 2 aliphatic heterocycles. The van der Waals surface area contributed by atoms with Crippen LogP contribution in [0.5, 0.6) is 23.0 Å². The normalized spacial score (nSPS) is 12.5. The van der Waals surface area contributed by atoms with Crippen LogP contribution in [0.3, 0.4) is 0 Å². The van der Waals surface area contributed by atoms with Gasteiger partial charge in [0.1, 0.15) is 5.69 Å². The van der Waals surface area contributed by atoms with E-state index in [1.807, 2.05) is 72.8 Å². The maximum atomic E-state index is 6.58. The van der Waals surface area contributed by atoms with E-state index in [1.165, 1.54) is 9.40 Å². The topological polar surface area (TPSA) is 47.5 Å². The van der Waals surface area contributed by atoms with Gasteiger partial charge in [-0.2, -0.15) is 0 Å². The predicted molar refractivity (Wildman–Crippen MR) is 211 cm³/mol. The van der Waals surface area contributed by atoms with Gasteiger partial charge in [-0.15, -0.1) is 11.3 Å². The molecular weight excluding hydrogens is 659 g/mol. The van der Waals surface area contributed by atoms with Crippen LogP contribution in [0.15, 0.2) is 164 Å². The maximum Gasteiger partial charge on any atom is 0.161 e. The predicted octanol–water partition coefficient (Wildman–Crippen LogP) is 13.2. The van der Waals surface area contributed by atoms with Gasteiger partial charge in [-0.3, -0.25) is 4.90 Å². The van der Waals surface area contributed by atoms with Crippen LogP contribution in [0, 0.1) is 0 Å². The van der Waals surface area contributed by atoms with E-state index in [4.69, 9.17) is 19.4 Å². The fourth-order valence-electron chi connectivity index (χ4n) is 7.46. The second kappa shape index (κ2) is 11.4. The molecule has 2 aliphatic rings. The monoisotopic (exact) mass is 685 g/mol. The Morgan fingerprint density at radius 1 is 0.442 bits per heavy atom. The van der Waals surface area contributed by atoms with Gasteiger partial charge in [0.25, 0.3) is 0 Å². The van der Waals surface area contributed by atoms with Crippen LogP contribution in [0.4, 0.5) is 17.1 Å². The summed E-state index contributed by atoms with van der Waals surface area (Å²) in [4.78, 5) is 12.6. The largest absolute Gasteiger partial charge is 0.453 e. The quantitative estimate of drug-likeness (QED) is 0.185. The van der Waals surface area contributed by atoms with E-state index in [0.29, 0.717) is 5.82 Å². The number of thiophene rings is 1. The first-order valence-electron chi connectivity index (χ1n) is 17.2. The van der Waals surface area contributed by atoms with Crippen LogP contribution >= 0.6 is 11.3 Å². The molecule has 5 nitrogen and oxygen atoms in total. The molecule has 0 unspecified atom stereocenters. The molecular formula is C46H27N3O2S. The SMILES string of the molecule is c1ccc(-c2cc(-c3ccccc3)nc(-c3cccc4sc5ccc(-c6cc7c8c(c6)Oc6ccccc6N8c6ccccc6O7)cc5c34)n2)cc1. The van der Waals surface area contributed by atoms with Gasteiger partial charge in [-0.05, 0) is 71.8 Å². The Morgan fingerprint density at radius 2 is 1.04 bits per heavy atom. The molecule has 0 saturated carbocycles. The minimum Gasteiger partial charge on any atom is -0.453 e. The Labute approximate surface area is 303 Å². The van der Waals surface area contributed by atoms with Crippen LogP contribution in [0.25, 0.3) is 65.2 Å². The number of anilines is 3. The molecule has 0 radical (unpaired) electrons. The van der Waals surface area contributed by atoms with Gasteiger partial charge in [0.15, 0.2) is 28.8 Å². The van der Waals surface area contributed by atoms with Crippen LogP contribution < -0.4 is 14.4 Å². The van der Waals surface area contributed by atoms with Crippen LogP contribution in [0.1, 0.15) is 0 Å². The summed E-state index contributed by atoms with van der Waals surface area (Å²) in [6, 6.07) is 56.5. The van der Waals surface area contributed by atoms with Gasteiger partial charge >= 0.3 is 0 Å². The molecule has 6 heteroatoms. The molecule has 244 valence electrons. The summed E-state index contributed by atoms with van der Waals surface area (Å²) >= 11 is 1.79. The lowest BCUT2D eigenvalue weighted by Crippen LogP contribution is -2.20. The summed E-state index contributed by atoms with van der Waals surface area (Å²) in [5.41, 5.74) is 9.88. The second-order valence-corrected chi connectivity index (χ2v) is 14.1. The van der Waals surface area contributed by atoms with Crippen LogP contribution in [0.2, 0.25) is 0 Å². The average molecular weight is 686 g/mol. The number of rotatable bonds is 4. The van der Waals surface area contributed by atoms with Crippen molar-refractivity contribution in [3.8, 4) is 68.0 Å². The van der Waals surface area contributed by atoms with E-state index in [2.05, 4.69) is 95.9 Å². The third kappa shape index (κ3) is 4.55. The van der Waals surface area contributed by atoms with Gasteiger partial charge in [0, 0.05) is 36.9 Å². The molecule has 0 atom stereocenters. The van der Waals surface area contributed by atoms with Crippen molar-refractivity contribution in [3.63, 3.8) is 0 Å². The Kier molecular flexibility index (Phi) is 6.35. The summed E-state index contributed by atoms with van der Waals surface area (Å²) in [7, 11) is 0. The Morgan fingerprint density at radius 3 is 1.67 bits per heavy atom. The summed E-state index contributed by atoms with van der Waals surface area (Å²) in [5.74, 6) is 3.85. The number of hydrogen-bond acceptors (Lipinski definition) is 6. The molecule has 11 rings (SSSR count). The maximum absolute atomic E-state index is 6.58. The molecule has 0 bridgehead atoms. The summed E-state index contributed by atoms with van der Waals surface area (Å²) in [6.45, 7) is 0. The van der Waals surface area contributed by atoms with Crippen molar-refractivity contribution in [3.05, 3.63) is 164 Å². The molecule has 0 aliphatic carbocycles. The Balaban J connectivity index is 1.09. The third-order valence-electron chi connectivity index (χ3n) is 9.85. The van der Waals surface area contributed by atoms with E-state index >= 15 is 0 Å². The highest BCUT2D eigenvalue weighted by atomic mass is 32.1. The standard InChI is InChI=1S/C46H27N3O2S/c1-3-12-28(13-4-1)34-27-35(29-14-5-2-6-15-29)48-46(47-34)32-16-11-21-43-44(32)33-24-30(22-23-42(33)52-43)31-25-40-45-41(26-31)51-39-20-10-8-18-37(39)49(45)36-17-7-9-19-38(36)50-40/h1-27H. The number of para-hydroxylation sites is 4. The second-order valence-electron chi connectivity index (χ2n) is 13.0. The van der Waals surface area contributed by atoms with Gasteiger partial charge in [-0.1, -0.05) is 103 Å². The van der Waals surface area contributed by atoms with Crippen molar-refractivity contribution in [1.82, 2.24) is 9.97 Å². The van der Waals surface area contributed by atoms with E-state index in [0.717, 1.165) is 90.0 Å². The van der Waals surface area contributed by atoms with Crippen molar-refractivity contribution in [2.24, 2.45) is 0 Å². The summed E-state index contributed by atoms with van der Waals surface area (Å²) < 4.78 is 15.6. The highest BCUT2D eigenvalue weighted by molar-refractivity contribution is 7.26. The van der Waals surface area contributed by atoms with Crippen LogP contribution in [-0.4, -0.2) is 9.97 Å². The molecule has 7 aromatic carbocycles. The Hall–Kier alpha value is -6.76. The van der Waals surface area contributed by atoms with Crippen molar-refractivity contribution in [2.75, 3.05) is 4.90 Å². The Bertz CT molecular complexity index is 2740. The fourth-order valence-corrected chi connectivity index (χ4v) is 8.58. The first-order valence-corrected chi connectivity index (χ1v) is 18.0. The number of fused-ring (bicyclic) bond motifs is 7. The average Bonchev–Trinajstić information content (AvgIpc) is 3.59. The van der Waals surface area contributed by atoms with Gasteiger partial charge in [0.2, 0.25) is 0 Å². The zero-order valence-electron chi connectivity index (χ0n) is 27.7. The highest BCUT2D eigenvalue weighted by Gasteiger charge is 2.35. The van der Waals surface area contributed by atoms with Crippen molar-refractivity contribution >= 4 is 48.6 Å². The van der Waals surface area contributed by atoms with Crippen LogP contribution in [-0.2, 0) is 0 Å². The highest BCUT2D eigenvalue weighted by Crippen LogP contribution is 2.60. The molecule has 4 heterocycles.